The maximum atomic E-state index is 12.4. The van der Waals surface area contributed by atoms with Gasteiger partial charge >= 0.3 is 12.1 Å². The molecule has 1 aromatic carbocycles. The number of alkyl halides is 3. The predicted molar refractivity (Wildman–Crippen MR) is 70.4 cm³/mol. The molecule has 0 saturated carbocycles. The fraction of sp³-hybridized carbons (Fsp3) is 0.267. The molecule has 0 radical (unpaired) electrons. The van der Waals surface area contributed by atoms with Gasteiger partial charge < -0.3 is 13.9 Å². The van der Waals surface area contributed by atoms with Crippen LogP contribution in [-0.4, -0.2) is 12.6 Å². The van der Waals surface area contributed by atoms with Crippen LogP contribution in [-0.2, 0) is 17.5 Å². The highest BCUT2D eigenvalue weighted by Crippen LogP contribution is 2.30. The number of esters is 1. The van der Waals surface area contributed by atoms with Crippen LogP contribution in [0.25, 0.3) is 0 Å². The van der Waals surface area contributed by atoms with Crippen molar-refractivity contribution in [3.8, 4) is 5.75 Å². The third-order valence-corrected chi connectivity index (χ3v) is 2.69. The Morgan fingerprint density at radius 1 is 1.14 bits per heavy atom. The van der Waals surface area contributed by atoms with E-state index in [-0.39, 0.29) is 19.0 Å². The smallest absolute Gasteiger partial charge is 0.449 e. The highest BCUT2D eigenvalue weighted by Gasteiger charge is 2.34. The number of furan rings is 1. The molecule has 0 saturated heterocycles. The van der Waals surface area contributed by atoms with Gasteiger partial charge in [0.2, 0.25) is 5.76 Å². The zero-order valence-electron chi connectivity index (χ0n) is 11.6. The van der Waals surface area contributed by atoms with Gasteiger partial charge in [0.1, 0.15) is 18.1 Å². The van der Waals surface area contributed by atoms with Gasteiger partial charge in [-0.15, -0.1) is 0 Å². The molecule has 7 heteroatoms. The third-order valence-electron chi connectivity index (χ3n) is 2.69. The minimum atomic E-state index is -4.51. The van der Waals surface area contributed by atoms with Crippen LogP contribution < -0.4 is 4.74 Å². The van der Waals surface area contributed by atoms with Crippen molar-refractivity contribution in [2.45, 2.75) is 19.7 Å². The summed E-state index contributed by atoms with van der Waals surface area (Å²) in [6.45, 7) is 1.83. The molecule has 0 N–H and O–H groups in total. The first-order valence-corrected chi connectivity index (χ1v) is 6.46. The summed E-state index contributed by atoms with van der Waals surface area (Å²) < 4.78 is 51.9. The van der Waals surface area contributed by atoms with Crippen molar-refractivity contribution in [2.24, 2.45) is 0 Å². The maximum Gasteiger partial charge on any atom is 0.449 e. The molecule has 22 heavy (non-hydrogen) atoms. The largest absolute Gasteiger partial charge is 0.486 e. The summed E-state index contributed by atoms with van der Waals surface area (Å²) in [5.74, 6) is -1.06. The fourth-order valence-electron chi connectivity index (χ4n) is 1.66. The summed E-state index contributed by atoms with van der Waals surface area (Å²) in [5.41, 5.74) is 0.367. The van der Waals surface area contributed by atoms with Crippen LogP contribution in [0.1, 0.15) is 28.8 Å². The zero-order chi connectivity index (χ0) is 16.2. The van der Waals surface area contributed by atoms with E-state index in [0.717, 1.165) is 6.07 Å². The van der Waals surface area contributed by atoms with E-state index in [1.54, 1.807) is 6.92 Å². The normalized spacial score (nSPS) is 11.3. The Hall–Kier alpha value is -2.44. The van der Waals surface area contributed by atoms with Gasteiger partial charge in [-0.2, -0.15) is 13.2 Å². The van der Waals surface area contributed by atoms with Gasteiger partial charge in [0.05, 0.1) is 12.2 Å². The maximum absolute atomic E-state index is 12.4. The number of hydrogen-bond acceptors (Lipinski definition) is 4. The first kappa shape index (κ1) is 15.9. The summed E-state index contributed by atoms with van der Waals surface area (Å²) >= 11 is 0. The van der Waals surface area contributed by atoms with Crippen LogP contribution >= 0.6 is 0 Å². The second-order valence-electron chi connectivity index (χ2n) is 4.30. The van der Waals surface area contributed by atoms with E-state index in [1.165, 1.54) is 30.3 Å². The van der Waals surface area contributed by atoms with E-state index in [2.05, 4.69) is 4.42 Å². The lowest BCUT2D eigenvalue weighted by molar-refractivity contribution is -0.153. The van der Waals surface area contributed by atoms with Crippen LogP contribution in [0, 0.1) is 0 Å². The number of carbonyl (C=O) groups excluding carboxylic acids is 1. The summed E-state index contributed by atoms with van der Waals surface area (Å²) in [4.78, 5) is 11.4. The van der Waals surface area contributed by atoms with Crippen molar-refractivity contribution >= 4 is 5.97 Å². The lowest BCUT2D eigenvalue weighted by atomic mass is 10.2. The highest BCUT2D eigenvalue weighted by molar-refractivity contribution is 5.89. The van der Waals surface area contributed by atoms with Crippen molar-refractivity contribution in [1.82, 2.24) is 0 Å². The molecule has 0 amide bonds. The van der Waals surface area contributed by atoms with Gasteiger partial charge in [-0.3, -0.25) is 0 Å². The van der Waals surface area contributed by atoms with Gasteiger partial charge in [0.25, 0.3) is 0 Å². The molecule has 0 spiro atoms. The second-order valence-corrected chi connectivity index (χ2v) is 4.30. The van der Waals surface area contributed by atoms with Gasteiger partial charge in [-0.05, 0) is 43.3 Å². The van der Waals surface area contributed by atoms with E-state index in [9.17, 15) is 18.0 Å². The molecule has 118 valence electrons. The van der Waals surface area contributed by atoms with E-state index in [4.69, 9.17) is 9.47 Å². The van der Waals surface area contributed by atoms with Crippen LogP contribution in [0.5, 0.6) is 5.75 Å². The molecule has 2 rings (SSSR count). The minimum Gasteiger partial charge on any atom is -0.486 e. The van der Waals surface area contributed by atoms with Gasteiger partial charge in [0.15, 0.2) is 0 Å². The molecule has 0 aliphatic carbocycles. The average Bonchev–Trinajstić information content (AvgIpc) is 2.95. The average molecular weight is 314 g/mol. The summed E-state index contributed by atoms with van der Waals surface area (Å²) in [6, 6.07) is 8.13. The van der Waals surface area contributed by atoms with E-state index in [1.807, 2.05) is 0 Å². The fourth-order valence-corrected chi connectivity index (χ4v) is 1.66. The Morgan fingerprint density at radius 2 is 1.82 bits per heavy atom. The number of carbonyl (C=O) groups is 1. The van der Waals surface area contributed by atoms with Crippen LogP contribution in [0.15, 0.2) is 40.8 Å². The topological polar surface area (TPSA) is 48.7 Å². The zero-order valence-corrected chi connectivity index (χ0v) is 11.6. The van der Waals surface area contributed by atoms with Crippen LogP contribution in [0.3, 0.4) is 0 Å². The Labute approximate surface area is 124 Å². The van der Waals surface area contributed by atoms with Crippen molar-refractivity contribution in [3.63, 3.8) is 0 Å². The molecule has 0 unspecified atom stereocenters. The lowest BCUT2D eigenvalue weighted by Gasteiger charge is -2.06. The number of hydrogen-bond donors (Lipinski definition) is 0. The molecule has 2 aromatic rings. The van der Waals surface area contributed by atoms with Crippen molar-refractivity contribution < 1.29 is 31.9 Å². The Bertz CT molecular complexity index is 629. The number of rotatable bonds is 5. The summed E-state index contributed by atoms with van der Waals surface area (Å²) in [5, 5.41) is 0. The quantitative estimate of drug-likeness (QED) is 0.781. The molecule has 0 aliphatic heterocycles. The van der Waals surface area contributed by atoms with Gasteiger partial charge in [-0.1, -0.05) is 0 Å². The molecule has 0 bridgehead atoms. The molecular formula is C15H13F3O4. The standard InChI is InChI=1S/C15H13F3O4/c1-2-20-14(19)10-3-5-11(6-4-10)21-9-12-7-8-13(22-12)15(16,17)18/h3-8H,2,9H2,1H3. The van der Waals surface area contributed by atoms with Gasteiger partial charge in [-0.25, -0.2) is 4.79 Å². The Kier molecular flexibility index (Phi) is 4.75. The second kappa shape index (κ2) is 6.55. The van der Waals surface area contributed by atoms with Gasteiger partial charge in [0, 0.05) is 0 Å². The molecule has 1 heterocycles. The van der Waals surface area contributed by atoms with E-state index >= 15 is 0 Å². The summed E-state index contributed by atoms with van der Waals surface area (Å²) in [7, 11) is 0. The van der Waals surface area contributed by atoms with Crippen LogP contribution in [0.2, 0.25) is 0 Å². The monoisotopic (exact) mass is 314 g/mol. The molecule has 0 aliphatic rings. The molecule has 0 atom stereocenters. The minimum absolute atomic E-state index is 0.0572. The first-order valence-electron chi connectivity index (χ1n) is 6.46. The number of ether oxygens (including phenoxy) is 2. The third kappa shape index (κ3) is 4.03. The van der Waals surface area contributed by atoms with Crippen molar-refractivity contribution in [3.05, 3.63) is 53.5 Å². The molecule has 1 aromatic heterocycles. The predicted octanol–water partition coefficient (Wildman–Crippen LogP) is 4.05. The lowest BCUT2D eigenvalue weighted by Crippen LogP contribution is -2.04. The first-order chi connectivity index (χ1) is 10.4. The summed E-state index contributed by atoms with van der Waals surface area (Å²) in [6.07, 6.45) is -4.51. The number of halogens is 3. The van der Waals surface area contributed by atoms with Crippen LogP contribution in [0.4, 0.5) is 13.2 Å². The molecule has 4 nitrogen and oxygen atoms in total. The Balaban J connectivity index is 1.94. The van der Waals surface area contributed by atoms with E-state index < -0.39 is 17.9 Å². The van der Waals surface area contributed by atoms with E-state index in [0.29, 0.717) is 11.3 Å². The number of benzene rings is 1. The van der Waals surface area contributed by atoms with Crippen molar-refractivity contribution in [2.75, 3.05) is 6.61 Å². The molecule has 0 fully saturated rings. The molecular weight excluding hydrogens is 301 g/mol. The SMILES string of the molecule is CCOC(=O)c1ccc(OCc2ccc(C(F)(F)F)o2)cc1. The van der Waals surface area contributed by atoms with Crippen molar-refractivity contribution in [1.29, 1.82) is 0 Å². The Morgan fingerprint density at radius 3 is 2.36 bits per heavy atom. The highest BCUT2D eigenvalue weighted by atomic mass is 19.4.